The summed E-state index contributed by atoms with van der Waals surface area (Å²) >= 11 is 0. The Hall–Kier alpha value is -3.69. The number of rotatable bonds is 4. The number of hydrogen-bond acceptors (Lipinski definition) is 7. The number of carbonyl (C=O) groups excluding carboxylic acids is 1. The van der Waals surface area contributed by atoms with Crippen molar-refractivity contribution in [1.82, 2.24) is 24.4 Å². The van der Waals surface area contributed by atoms with Crippen LogP contribution in [0.2, 0.25) is 0 Å². The Balaban J connectivity index is 1.79. The first kappa shape index (κ1) is 25.4. The van der Waals surface area contributed by atoms with Crippen molar-refractivity contribution in [1.29, 1.82) is 0 Å². The summed E-state index contributed by atoms with van der Waals surface area (Å²) in [7, 11) is 0. The van der Waals surface area contributed by atoms with Gasteiger partial charge < -0.3 is 19.6 Å². The minimum absolute atomic E-state index is 0.0249. The smallest absolute Gasteiger partial charge is 0.410 e. The van der Waals surface area contributed by atoms with E-state index in [9.17, 15) is 14.7 Å². The van der Waals surface area contributed by atoms with E-state index in [1.165, 1.54) is 18.6 Å². The third-order valence-corrected chi connectivity index (χ3v) is 6.39. The molecule has 4 rings (SSSR count). The van der Waals surface area contributed by atoms with Crippen LogP contribution in [0.15, 0.2) is 31.0 Å². The number of aromatic carboxylic acids is 1. The molecular weight excluding hydrogens is 460 g/mol. The standard InChI is InChI=1S/C26H34N6O4/c1-15(2)19-13-32(20-10-27-9-8-18(20)24(33)34)23-21(19)22(28-14-29-23)30-11-17(4)31(12-16(30)3)25(35)36-26(5,6)7/h8-10,13-17H,11-12H2,1-7H3,(H,33,34)/t16-,17+/m0/s1. The van der Waals surface area contributed by atoms with Crippen molar-refractivity contribution < 1.29 is 19.4 Å². The Morgan fingerprint density at radius 3 is 2.50 bits per heavy atom. The Kier molecular flexibility index (Phi) is 6.64. The molecule has 36 heavy (non-hydrogen) atoms. The first-order valence-electron chi connectivity index (χ1n) is 12.2. The SMILES string of the molecule is CC(C)c1cn(-c2cnccc2C(=O)O)c2ncnc(N3C[C@@H](C)N(C(=O)OC(C)(C)C)C[C@@H]3C)c12. The van der Waals surface area contributed by atoms with Gasteiger partial charge in [-0.05, 0) is 52.2 Å². The maximum atomic E-state index is 12.8. The van der Waals surface area contributed by atoms with E-state index in [1.54, 1.807) is 15.7 Å². The molecule has 0 aliphatic carbocycles. The van der Waals surface area contributed by atoms with Crippen molar-refractivity contribution in [3.63, 3.8) is 0 Å². The summed E-state index contributed by atoms with van der Waals surface area (Å²) in [6.45, 7) is 14.9. The molecule has 1 aliphatic rings. The third kappa shape index (κ3) is 4.72. The molecule has 1 saturated heterocycles. The van der Waals surface area contributed by atoms with Crippen LogP contribution in [0.1, 0.15) is 70.3 Å². The van der Waals surface area contributed by atoms with Gasteiger partial charge in [0.25, 0.3) is 0 Å². The lowest BCUT2D eigenvalue weighted by molar-refractivity contribution is 0.0130. The highest BCUT2D eigenvalue weighted by Gasteiger charge is 2.36. The van der Waals surface area contributed by atoms with Crippen molar-refractivity contribution in [2.24, 2.45) is 0 Å². The Morgan fingerprint density at radius 1 is 1.14 bits per heavy atom. The molecule has 1 fully saturated rings. The molecule has 0 spiro atoms. The van der Waals surface area contributed by atoms with Gasteiger partial charge in [0.1, 0.15) is 23.4 Å². The highest BCUT2D eigenvalue weighted by atomic mass is 16.6. The van der Waals surface area contributed by atoms with Crippen LogP contribution < -0.4 is 4.90 Å². The number of aromatic nitrogens is 4. The number of carbonyl (C=O) groups is 2. The van der Waals surface area contributed by atoms with Crippen LogP contribution in [0.3, 0.4) is 0 Å². The Morgan fingerprint density at radius 2 is 1.86 bits per heavy atom. The van der Waals surface area contributed by atoms with Gasteiger partial charge in [-0.1, -0.05) is 13.8 Å². The number of pyridine rings is 1. The maximum absolute atomic E-state index is 12.8. The van der Waals surface area contributed by atoms with E-state index >= 15 is 0 Å². The van der Waals surface area contributed by atoms with E-state index in [-0.39, 0.29) is 29.7 Å². The second-order valence-corrected chi connectivity index (χ2v) is 10.7. The Labute approximate surface area is 210 Å². The van der Waals surface area contributed by atoms with Crippen molar-refractivity contribution in [2.45, 2.75) is 72.1 Å². The van der Waals surface area contributed by atoms with Crippen molar-refractivity contribution in [3.05, 3.63) is 42.1 Å². The zero-order valence-corrected chi connectivity index (χ0v) is 21.9. The highest BCUT2D eigenvalue weighted by Crippen LogP contribution is 2.36. The van der Waals surface area contributed by atoms with Gasteiger partial charge in [-0.3, -0.25) is 9.55 Å². The number of nitrogens with zero attached hydrogens (tertiary/aromatic N) is 6. The van der Waals surface area contributed by atoms with E-state index < -0.39 is 11.6 Å². The van der Waals surface area contributed by atoms with Gasteiger partial charge in [0.15, 0.2) is 0 Å². The van der Waals surface area contributed by atoms with Crippen LogP contribution in [0.5, 0.6) is 0 Å². The molecule has 3 aromatic rings. The van der Waals surface area contributed by atoms with E-state index in [2.05, 4.69) is 40.6 Å². The van der Waals surface area contributed by atoms with Gasteiger partial charge in [-0.15, -0.1) is 0 Å². The molecule has 192 valence electrons. The minimum atomic E-state index is -1.03. The number of hydrogen-bond donors (Lipinski definition) is 1. The lowest BCUT2D eigenvalue weighted by atomic mass is 10.0. The molecule has 4 heterocycles. The number of anilines is 1. The fraction of sp³-hybridized carbons (Fsp3) is 0.500. The summed E-state index contributed by atoms with van der Waals surface area (Å²) < 4.78 is 7.42. The monoisotopic (exact) mass is 494 g/mol. The van der Waals surface area contributed by atoms with E-state index in [1.807, 2.05) is 33.9 Å². The van der Waals surface area contributed by atoms with Crippen molar-refractivity contribution >= 4 is 28.9 Å². The predicted octanol–water partition coefficient (Wildman–Crippen LogP) is 4.47. The van der Waals surface area contributed by atoms with Crippen molar-refractivity contribution in [3.8, 4) is 5.69 Å². The average Bonchev–Trinajstić information content (AvgIpc) is 3.19. The molecule has 0 aromatic carbocycles. The van der Waals surface area contributed by atoms with Crippen LogP contribution in [-0.2, 0) is 4.74 Å². The van der Waals surface area contributed by atoms with E-state index in [0.717, 1.165) is 16.8 Å². The second kappa shape index (κ2) is 9.40. The quantitative estimate of drug-likeness (QED) is 0.565. The summed E-state index contributed by atoms with van der Waals surface area (Å²) in [5, 5.41) is 10.6. The first-order chi connectivity index (χ1) is 16.9. The van der Waals surface area contributed by atoms with Crippen LogP contribution in [0.4, 0.5) is 10.6 Å². The molecule has 1 amide bonds. The molecule has 0 bridgehead atoms. The Bertz CT molecular complexity index is 1300. The van der Waals surface area contributed by atoms with E-state index in [0.29, 0.717) is 24.4 Å². The number of carboxylic acids is 1. The molecule has 3 aromatic heterocycles. The van der Waals surface area contributed by atoms with Crippen LogP contribution in [-0.4, -0.2) is 72.4 Å². The number of carboxylic acid groups (broad SMARTS) is 1. The molecule has 10 nitrogen and oxygen atoms in total. The predicted molar refractivity (Wildman–Crippen MR) is 137 cm³/mol. The summed E-state index contributed by atoms with van der Waals surface area (Å²) in [4.78, 5) is 42.1. The zero-order chi connectivity index (χ0) is 26.4. The molecular formula is C26H34N6O4. The zero-order valence-electron chi connectivity index (χ0n) is 21.9. The van der Waals surface area contributed by atoms with Crippen LogP contribution in [0, 0.1) is 0 Å². The highest BCUT2D eigenvalue weighted by molar-refractivity contribution is 5.96. The van der Waals surface area contributed by atoms with Crippen molar-refractivity contribution in [2.75, 3.05) is 18.0 Å². The first-order valence-corrected chi connectivity index (χ1v) is 12.2. The summed E-state index contributed by atoms with van der Waals surface area (Å²) in [6.07, 6.45) is 6.13. The van der Waals surface area contributed by atoms with Crippen LogP contribution in [0.25, 0.3) is 16.7 Å². The number of amides is 1. The molecule has 0 unspecified atom stereocenters. The molecule has 0 radical (unpaired) electrons. The average molecular weight is 495 g/mol. The summed E-state index contributed by atoms with van der Waals surface area (Å²) in [5.41, 5.74) is 1.66. The largest absolute Gasteiger partial charge is 0.478 e. The van der Waals surface area contributed by atoms with Gasteiger partial charge in [-0.2, -0.15) is 0 Å². The summed E-state index contributed by atoms with van der Waals surface area (Å²) in [6, 6.07) is 1.37. The lowest BCUT2D eigenvalue weighted by Crippen LogP contribution is -2.59. The van der Waals surface area contributed by atoms with Gasteiger partial charge >= 0.3 is 12.1 Å². The summed E-state index contributed by atoms with van der Waals surface area (Å²) in [5.74, 6) is -0.124. The van der Waals surface area contributed by atoms with Gasteiger partial charge in [-0.25, -0.2) is 19.6 Å². The molecule has 1 aliphatic heterocycles. The normalized spacial score (nSPS) is 18.7. The number of ether oxygens (including phenoxy) is 1. The van der Waals surface area contributed by atoms with Gasteiger partial charge in [0, 0.05) is 37.6 Å². The topological polar surface area (TPSA) is 114 Å². The third-order valence-electron chi connectivity index (χ3n) is 6.39. The minimum Gasteiger partial charge on any atom is -0.478 e. The molecule has 2 atom stereocenters. The lowest BCUT2D eigenvalue weighted by Gasteiger charge is -2.44. The van der Waals surface area contributed by atoms with E-state index in [4.69, 9.17) is 4.74 Å². The van der Waals surface area contributed by atoms with Gasteiger partial charge in [0.05, 0.1) is 22.8 Å². The second-order valence-electron chi connectivity index (χ2n) is 10.7. The number of piperazine rings is 1. The number of fused-ring (bicyclic) bond motifs is 1. The molecule has 0 saturated carbocycles. The maximum Gasteiger partial charge on any atom is 0.410 e. The fourth-order valence-electron chi connectivity index (χ4n) is 4.67. The van der Waals surface area contributed by atoms with Crippen LogP contribution >= 0.6 is 0 Å². The molecule has 1 N–H and O–H groups in total. The fourth-order valence-corrected chi connectivity index (χ4v) is 4.67. The molecule has 10 heteroatoms. The van der Waals surface area contributed by atoms with Gasteiger partial charge in [0.2, 0.25) is 0 Å².